The van der Waals surface area contributed by atoms with Crippen molar-refractivity contribution >= 4 is 22.4 Å². The van der Waals surface area contributed by atoms with Crippen LogP contribution < -0.4 is 0 Å². The molecule has 0 amide bonds. The molecule has 9 aromatic rings. The van der Waals surface area contributed by atoms with Crippen LogP contribution in [0.3, 0.4) is 0 Å². The molecule has 0 atom stereocenters. The average Bonchev–Trinajstić information content (AvgIpc) is 3.45. The van der Waals surface area contributed by atoms with Gasteiger partial charge < -0.3 is 25.5 Å². The number of phenols is 5. The standard InChI is InChI=1S/C14H12.C12H16O.C10H8O.C10H14O.C9H7N.C9H12O.C7H8O/c1-12(13-8-4-2-5-9-13)14-10-6-3-7-11-14;13-12-9-5-4-8-11(12)10-6-2-1-3-7-10;11-10-7-3-5-8-4-1-2-6-9(8)10;1-10(2,3)8-6-4-5-7-9(8)11;10-8-4-7-9-5-2-1-3-6-9;1-7(2)8-5-3-4-6-9(8)10;1-6-4-2-3-5-7(6)8/h2-11H,1H2;4-5,8-10,13H,1-3,6-7H2;1-7,11H;4-7,11H,1-3H3;1-7H;3-7,10H,1-2H3;2-5,8H,1H3/b;;;;7-4+;;. The van der Waals surface area contributed by atoms with Crippen LogP contribution >= 0.6 is 0 Å². The maximum absolute atomic E-state index is 9.66. The number of phenolic OH excluding ortho intramolecular Hbond substituents is 5. The Hall–Kier alpha value is -8.79. The van der Waals surface area contributed by atoms with Crippen LogP contribution in [0.1, 0.15) is 118 Å². The summed E-state index contributed by atoms with van der Waals surface area (Å²) in [7, 11) is 0. The van der Waals surface area contributed by atoms with Crippen molar-refractivity contribution in [3.63, 3.8) is 0 Å². The molecule has 0 aromatic heterocycles. The Labute approximate surface area is 458 Å². The molecule has 1 aliphatic rings. The van der Waals surface area contributed by atoms with Gasteiger partial charge in [0.05, 0.1) is 6.07 Å². The molecule has 6 heteroatoms. The molecule has 0 aliphatic heterocycles. The summed E-state index contributed by atoms with van der Waals surface area (Å²) in [5.74, 6) is 3.00. The number of allylic oxidation sites excluding steroid dienone is 1. The van der Waals surface area contributed by atoms with E-state index in [2.05, 4.69) is 71.5 Å². The lowest BCUT2D eigenvalue weighted by Gasteiger charge is -2.22. The number of hydrogen-bond donors (Lipinski definition) is 5. The van der Waals surface area contributed by atoms with E-state index in [0.717, 1.165) is 44.2 Å². The van der Waals surface area contributed by atoms with E-state index in [1.54, 1.807) is 36.4 Å². The minimum Gasteiger partial charge on any atom is -0.508 e. The smallest absolute Gasteiger partial charge is 0.123 e. The summed E-state index contributed by atoms with van der Waals surface area (Å²) in [6.07, 6.45) is 9.74. The Kier molecular flexibility index (Phi) is 26.2. The van der Waals surface area contributed by atoms with E-state index >= 15 is 0 Å². The molecule has 77 heavy (non-hydrogen) atoms. The van der Waals surface area contributed by atoms with Crippen LogP contribution in [-0.4, -0.2) is 25.5 Å². The Morgan fingerprint density at radius 1 is 0.506 bits per heavy atom. The second kappa shape index (κ2) is 33.2. The molecule has 0 spiro atoms. The van der Waals surface area contributed by atoms with Gasteiger partial charge in [-0.25, -0.2) is 0 Å². The first-order valence-electron chi connectivity index (χ1n) is 26.3. The second-order valence-electron chi connectivity index (χ2n) is 19.7. The van der Waals surface area contributed by atoms with Gasteiger partial charge in [0.2, 0.25) is 0 Å². The molecule has 0 bridgehead atoms. The second-order valence-corrected chi connectivity index (χ2v) is 19.7. The Morgan fingerprint density at radius 2 is 0.961 bits per heavy atom. The van der Waals surface area contributed by atoms with Gasteiger partial charge in [0.15, 0.2) is 0 Å². The number of hydrogen-bond acceptors (Lipinski definition) is 6. The first-order valence-corrected chi connectivity index (χ1v) is 26.3. The summed E-state index contributed by atoms with van der Waals surface area (Å²) < 4.78 is 0. The van der Waals surface area contributed by atoms with Crippen LogP contribution in [0.15, 0.2) is 243 Å². The highest BCUT2D eigenvalue weighted by Gasteiger charge is 2.18. The zero-order chi connectivity index (χ0) is 55.8. The molecular weight excluding hydrogens is 947 g/mol. The predicted octanol–water partition coefficient (Wildman–Crippen LogP) is 18.9. The van der Waals surface area contributed by atoms with Crippen LogP contribution in [0.25, 0.3) is 22.4 Å². The SMILES string of the molecule is C=C(c1ccccc1)c1ccccc1.CC(C)(C)c1ccccc1O.CC(C)c1ccccc1O.Cc1ccccc1O.N#C/C=C/c1ccccc1.Oc1cccc2ccccc12.Oc1ccccc1C1CCCCC1. The maximum Gasteiger partial charge on any atom is 0.123 e. The number of rotatable bonds is 5. The van der Waals surface area contributed by atoms with Gasteiger partial charge in [0.1, 0.15) is 28.7 Å². The summed E-state index contributed by atoms with van der Waals surface area (Å²) in [5, 5.41) is 56.9. The van der Waals surface area contributed by atoms with Crippen molar-refractivity contribution in [2.24, 2.45) is 0 Å². The number of fused-ring (bicyclic) bond motifs is 1. The van der Waals surface area contributed by atoms with Gasteiger partial charge >= 0.3 is 0 Å². The normalized spacial score (nSPS) is 11.6. The van der Waals surface area contributed by atoms with E-state index in [1.807, 2.05) is 183 Å². The first kappa shape index (κ1) is 60.8. The lowest BCUT2D eigenvalue weighted by Crippen LogP contribution is -2.10. The highest BCUT2D eigenvalue weighted by atomic mass is 16.3. The largest absolute Gasteiger partial charge is 0.508 e. The molecule has 1 aliphatic carbocycles. The molecule has 0 radical (unpaired) electrons. The fraction of sp³-hybridized carbons (Fsp3) is 0.197. The maximum atomic E-state index is 9.66. The van der Waals surface area contributed by atoms with Crippen LogP contribution in [0.4, 0.5) is 0 Å². The number of aromatic hydroxyl groups is 5. The Morgan fingerprint density at radius 3 is 1.43 bits per heavy atom. The average molecular weight is 1020 g/mol. The molecule has 1 fully saturated rings. The summed E-state index contributed by atoms with van der Waals surface area (Å²) in [6.45, 7) is 16.4. The third-order valence-corrected chi connectivity index (χ3v) is 12.5. The summed E-state index contributed by atoms with van der Waals surface area (Å²) >= 11 is 0. The first-order chi connectivity index (χ1) is 37.1. The quantitative estimate of drug-likeness (QED) is 0.109. The van der Waals surface area contributed by atoms with Gasteiger partial charge in [-0.1, -0.05) is 261 Å². The van der Waals surface area contributed by atoms with Crippen molar-refractivity contribution in [2.75, 3.05) is 0 Å². The lowest BCUT2D eigenvalue weighted by molar-refractivity contribution is 0.414. The molecule has 1 saturated carbocycles. The van der Waals surface area contributed by atoms with Crippen molar-refractivity contribution in [1.82, 2.24) is 0 Å². The zero-order valence-electron chi connectivity index (χ0n) is 45.7. The van der Waals surface area contributed by atoms with Crippen molar-refractivity contribution < 1.29 is 25.5 Å². The van der Waals surface area contributed by atoms with Gasteiger partial charge in [-0.3, -0.25) is 0 Å². The summed E-state index contributed by atoms with van der Waals surface area (Å²) in [6, 6.07) is 75.3. The van der Waals surface area contributed by atoms with E-state index in [9.17, 15) is 20.4 Å². The molecule has 0 saturated heterocycles. The molecule has 10 rings (SSSR count). The molecule has 9 aromatic carbocycles. The van der Waals surface area contributed by atoms with Gasteiger partial charge in [-0.2, -0.15) is 5.26 Å². The fourth-order valence-corrected chi connectivity index (χ4v) is 8.24. The highest BCUT2D eigenvalue weighted by molar-refractivity contribution is 5.87. The van der Waals surface area contributed by atoms with Gasteiger partial charge in [0.25, 0.3) is 0 Å². The summed E-state index contributed by atoms with van der Waals surface area (Å²) in [5.41, 5.74) is 8.62. The monoisotopic (exact) mass is 1020 g/mol. The minimum absolute atomic E-state index is 0.0331. The zero-order valence-corrected chi connectivity index (χ0v) is 45.7. The minimum atomic E-state index is 0.0331. The number of para-hydroxylation sites is 4. The van der Waals surface area contributed by atoms with E-state index in [4.69, 9.17) is 10.4 Å². The van der Waals surface area contributed by atoms with Crippen molar-refractivity contribution in [2.45, 2.75) is 90.9 Å². The van der Waals surface area contributed by atoms with Crippen molar-refractivity contribution in [1.29, 1.82) is 5.26 Å². The third kappa shape index (κ3) is 21.9. The topological polar surface area (TPSA) is 125 Å². The van der Waals surface area contributed by atoms with E-state index in [0.29, 0.717) is 40.6 Å². The van der Waals surface area contributed by atoms with E-state index in [1.165, 1.54) is 49.3 Å². The Balaban J connectivity index is 0.000000195. The molecule has 6 nitrogen and oxygen atoms in total. The van der Waals surface area contributed by atoms with E-state index < -0.39 is 0 Å². The molecule has 0 unspecified atom stereocenters. The third-order valence-electron chi connectivity index (χ3n) is 12.5. The highest BCUT2D eigenvalue weighted by Crippen LogP contribution is 2.37. The van der Waals surface area contributed by atoms with Crippen LogP contribution in [0.2, 0.25) is 0 Å². The van der Waals surface area contributed by atoms with Gasteiger partial charge in [-0.05, 0) is 123 Å². The molecule has 0 heterocycles. The van der Waals surface area contributed by atoms with Crippen LogP contribution in [0, 0.1) is 18.3 Å². The van der Waals surface area contributed by atoms with E-state index in [-0.39, 0.29) is 5.41 Å². The van der Waals surface area contributed by atoms with Gasteiger partial charge in [0, 0.05) is 11.5 Å². The molecule has 396 valence electrons. The molecular formula is C71H77NO5. The predicted molar refractivity (Wildman–Crippen MR) is 324 cm³/mol. The van der Waals surface area contributed by atoms with Crippen LogP contribution in [-0.2, 0) is 5.41 Å². The number of nitriles is 1. The summed E-state index contributed by atoms with van der Waals surface area (Å²) in [4.78, 5) is 0. The van der Waals surface area contributed by atoms with Crippen LogP contribution in [0.5, 0.6) is 28.7 Å². The lowest BCUT2D eigenvalue weighted by atomic mass is 9.84. The number of aryl methyl sites for hydroxylation is 1. The number of nitrogens with zero attached hydrogens (tertiary/aromatic N) is 1. The number of benzene rings is 9. The van der Waals surface area contributed by atoms with Crippen molar-refractivity contribution in [3.8, 4) is 34.8 Å². The fourth-order valence-electron chi connectivity index (χ4n) is 8.24. The molecule has 5 N–H and O–H groups in total. The van der Waals surface area contributed by atoms with Gasteiger partial charge in [-0.15, -0.1) is 0 Å². The Bertz CT molecular complexity index is 3100. The van der Waals surface area contributed by atoms with Crippen molar-refractivity contribution in [3.05, 3.63) is 282 Å².